The molecule has 0 spiro atoms. The van der Waals surface area contributed by atoms with E-state index in [1.54, 1.807) is 18.2 Å². The van der Waals surface area contributed by atoms with Crippen LogP contribution in [-0.4, -0.2) is 21.6 Å². The molecule has 0 aromatic heterocycles. The Labute approximate surface area is 74.8 Å². The highest BCUT2D eigenvalue weighted by Crippen LogP contribution is 2.19. The molecule has 0 aliphatic carbocycles. The average molecular weight is 189 g/mol. The summed E-state index contributed by atoms with van der Waals surface area (Å²) >= 11 is 5.62. The minimum absolute atomic E-state index is 0.387. The van der Waals surface area contributed by atoms with Gasteiger partial charge in [0.15, 0.2) is 6.29 Å². The van der Waals surface area contributed by atoms with Crippen molar-refractivity contribution in [3.05, 3.63) is 34.9 Å². The number of aliphatic hydroxyl groups excluding tert-OH is 2. The summed E-state index contributed by atoms with van der Waals surface area (Å²) in [5.41, 5.74) is 0.387. The fourth-order valence-electron chi connectivity index (χ4n) is 0.863. The molecule has 1 unspecified atom stereocenters. The van der Waals surface area contributed by atoms with Gasteiger partial charge >= 0.3 is 0 Å². The Morgan fingerprint density at radius 3 is 2.33 bits per heavy atom. The molecule has 0 amide bonds. The van der Waals surface area contributed by atoms with E-state index >= 15 is 0 Å². The molecular formula is C8H9ClO3. The molecule has 66 valence electrons. The minimum atomic E-state index is -1.77. The zero-order valence-electron chi connectivity index (χ0n) is 6.18. The first kappa shape index (κ1) is 9.48. The van der Waals surface area contributed by atoms with Gasteiger partial charge in [-0.2, -0.15) is 0 Å². The Hall–Kier alpha value is -0.610. The predicted octanol–water partition coefficient (Wildman–Crippen LogP) is 0.684. The van der Waals surface area contributed by atoms with Gasteiger partial charge in [0.25, 0.3) is 0 Å². The van der Waals surface area contributed by atoms with Crippen LogP contribution in [0.5, 0.6) is 0 Å². The van der Waals surface area contributed by atoms with Gasteiger partial charge in [-0.1, -0.05) is 23.7 Å². The van der Waals surface area contributed by atoms with Crippen LogP contribution < -0.4 is 0 Å². The molecule has 12 heavy (non-hydrogen) atoms. The van der Waals surface area contributed by atoms with Gasteiger partial charge in [-0.05, 0) is 17.7 Å². The van der Waals surface area contributed by atoms with Crippen LogP contribution in [0.3, 0.4) is 0 Å². The summed E-state index contributed by atoms with van der Waals surface area (Å²) in [6.07, 6.45) is -3.08. The lowest BCUT2D eigenvalue weighted by Crippen LogP contribution is -2.16. The molecule has 1 aromatic carbocycles. The number of halogens is 1. The van der Waals surface area contributed by atoms with Gasteiger partial charge in [-0.15, -0.1) is 0 Å². The Balaban J connectivity index is 2.88. The molecule has 0 aliphatic rings. The van der Waals surface area contributed by atoms with Gasteiger partial charge in [0.05, 0.1) is 0 Å². The van der Waals surface area contributed by atoms with Gasteiger partial charge < -0.3 is 15.3 Å². The fourth-order valence-corrected chi connectivity index (χ4v) is 1.06. The Kier molecular flexibility index (Phi) is 3.05. The van der Waals surface area contributed by atoms with Crippen LogP contribution in [0.15, 0.2) is 24.3 Å². The molecule has 3 N–H and O–H groups in total. The molecule has 0 radical (unpaired) electrons. The SMILES string of the molecule is OC(O)C(O)c1cccc(Cl)c1. The standard InChI is InChI=1S/C8H9ClO3/c9-6-3-1-2-5(4-6)7(10)8(11)12/h1-4,7-8,10-12H. The van der Waals surface area contributed by atoms with E-state index in [2.05, 4.69) is 0 Å². The molecular weight excluding hydrogens is 180 g/mol. The second kappa shape index (κ2) is 3.87. The molecule has 0 bridgehead atoms. The second-order valence-electron chi connectivity index (χ2n) is 2.41. The van der Waals surface area contributed by atoms with Crippen LogP contribution in [0.25, 0.3) is 0 Å². The first-order chi connectivity index (χ1) is 5.61. The lowest BCUT2D eigenvalue weighted by atomic mass is 10.1. The third kappa shape index (κ3) is 2.19. The third-order valence-corrected chi connectivity index (χ3v) is 1.71. The highest BCUT2D eigenvalue weighted by atomic mass is 35.5. The zero-order valence-corrected chi connectivity index (χ0v) is 6.94. The lowest BCUT2D eigenvalue weighted by molar-refractivity contribution is -0.123. The Bertz CT molecular complexity index is 262. The predicted molar refractivity (Wildman–Crippen MR) is 44.6 cm³/mol. The maximum atomic E-state index is 9.16. The number of hydrogen-bond donors (Lipinski definition) is 3. The number of rotatable bonds is 2. The van der Waals surface area contributed by atoms with Gasteiger partial charge in [0.2, 0.25) is 0 Å². The van der Waals surface area contributed by atoms with Crippen LogP contribution in [0.2, 0.25) is 5.02 Å². The molecule has 3 nitrogen and oxygen atoms in total. The number of benzene rings is 1. The summed E-state index contributed by atoms with van der Waals surface area (Å²) in [7, 11) is 0. The first-order valence-corrected chi connectivity index (χ1v) is 3.78. The summed E-state index contributed by atoms with van der Waals surface area (Å²) in [6.45, 7) is 0. The van der Waals surface area contributed by atoms with E-state index < -0.39 is 12.4 Å². The van der Waals surface area contributed by atoms with Crippen molar-refractivity contribution in [2.45, 2.75) is 12.4 Å². The number of aliphatic hydroxyl groups is 3. The van der Waals surface area contributed by atoms with E-state index in [0.717, 1.165) is 0 Å². The molecule has 4 heteroatoms. The molecule has 1 rings (SSSR count). The van der Waals surface area contributed by atoms with Crippen molar-refractivity contribution >= 4 is 11.6 Å². The van der Waals surface area contributed by atoms with Crippen molar-refractivity contribution in [3.63, 3.8) is 0 Å². The van der Waals surface area contributed by atoms with E-state index in [1.165, 1.54) is 6.07 Å². The summed E-state index contributed by atoms with van der Waals surface area (Å²) < 4.78 is 0. The largest absolute Gasteiger partial charge is 0.383 e. The monoisotopic (exact) mass is 188 g/mol. The smallest absolute Gasteiger partial charge is 0.182 e. The Morgan fingerprint density at radius 1 is 1.17 bits per heavy atom. The number of hydrogen-bond acceptors (Lipinski definition) is 3. The molecule has 0 saturated heterocycles. The highest BCUT2D eigenvalue weighted by Gasteiger charge is 2.14. The van der Waals surface area contributed by atoms with Crippen LogP contribution in [0, 0.1) is 0 Å². The van der Waals surface area contributed by atoms with Crippen molar-refractivity contribution in [2.24, 2.45) is 0 Å². The van der Waals surface area contributed by atoms with E-state index in [0.29, 0.717) is 10.6 Å². The van der Waals surface area contributed by atoms with E-state index in [1.807, 2.05) is 0 Å². The third-order valence-electron chi connectivity index (χ3n) is 1.47. The fraction of sp³-hybridized carbons (Fsp3) is 0.250. The van der Waals surface area contributed by atoms with Gasteiger partial charge in [0.1, 0.15) is 6.10 Å². The van der Waals surface area contributed by atoms with Crippen molar-refractivity contribution in [2.75, 3.05) is 0 Å². The quantitative estimate of drug-likeness (QED) is 0.599. The van der Waals surface area contributed by atoms with Crippen molar-refractivity contribution < 1.29 is 15.3 Å². The maximum absolute atomic E-state index is 9.16. The van der Waals surface area contributed by atoms with E-state index in [-0.39, 0.29) is 0 Å². The van der Waals surface area contributed by atoms with Crippen molar-refractivity contribution in [1.29, 1.82) is 0 Å². The van der Waals surface area contributed by atoms with Crippen molar-refractivity contribution in [3.8, 4) is 0 Å². The topological polar surface area (TPSA) is 60.7 Å². The first-order valence-electron chi connectivity index (χ1n) is 3.41. The Morgan fingerprint density at radius 2 is 1.83 bits per heavy atom. The molecule has 0 saturated carbocycles. The van der Waals surface area contributed by atoms with Gasteiger partial charge in [-0.25, -0.2) is 0 Å². The molecule has 1 aromatic rings. The summed E-state index contributed by atoms with van der Waals surface area (Å²) in [5.74, 6) is 0. The van der Waals surface area contributed by atoms with Gasteiger partial charge in [0, 0.05) is 5.02 Å². The molecule has 0 fully saturated rings. The van der Waals surface area contributed by atoms with E-state index in [9.17, 15) is 0 Å². The summed E-state index contributed by atoms with van der Waals surface area (Å²) in [4.78, 5) is 0. The normalized spacial score (nSPS) is 13.4. The summed E-state index contributed by atoms with van der Waals surface area (Å²) in [6, 6.07) is 6.31. The molecule has 0 aliphatic heterocycles. The average Bonchev–Trinajstić information content (AvgIpc) is 2.03. The summed E-state index contributed by atoms with van der Waals surface area (Å²) in [5, 5.41) is 26.9. The van der Waals surface area contributed by atoms with Crippen LogP contribution in [0.1, 0.15) is 11.7 Å². The molecule has 0 heterocycles. The van der Waals surface area contributed by atoms with E-state index in [4.69, 9.17) is 26.9 Å². The zero-order chi connectivity index (χ0) is 9.14. The van der Waals surface area contributed by atoms with Crippen LogP contribution in [0.4, 0.5) is 0 Å². The highest BCUT2D eigenvalue weighted by molar-refractivity contribution is 6.30. The van der Waals surface area contributed by atoms with Crippen LogP contribution in [-0.2, 0) is 0 Å². The minimum Gasteiger partial charge on any atom is -0.383 e. The molecule has 1 atom stereocenters. The maximum Gasteiger partial charge on any atom is 0.182 e. The second-order valence-corrected chi connectivity index (χ2v) is 2.85. The van der Waals surface area contributed by atoms with Gasteiger partial charge in [-0.3, -0.25) is 0 Å². The lowest BCUT2D eigenvalue weighted by Gasteiger charge is -2.12. The van der Waals surface area contributed by atoms with Crippen LogP contribution >= 0.6 is 11.6 Å². The van der Waals surface area contributed by atoms with Crippen molar-refractivity contribution in [1.82, 2.24) is 0 Å².